The first-order valence-corrected chi connectivity index (χ1v) is 8.27. The van der Waals surface area contributed by atoms with Crippen LogP contribution in [0.1, 0.15) is 38.5 Å². The standard InChI is InChI=1S/C12H20O5S/c13-11(14)8-12(4-5-12)9-18(15,16)7-3-10-2-1-6-17-10/h10H,1-9H2,(H,13,14). The summed E-state index contributed by atoms with van der Waals surface area (Å²) in [4.78, 5) is 10.7. The zero-order valence-electron chi connectivity index (χ0n) is 10.4. The molecule has 0 spiro atoms. The Kier molecular flexibility index (Phi) is 3.96. The molecule has 6 heteroatoms. The molecule has 2 fully saturated rings. The molecule has 1 N–H and O–H groups in total. The van der Waals surface area contributed by atoms with Gasteiger partial charge in [0.1, 0.15) is 0 Å². The molecule has 0 amide bonds. The van der Waals surface area contributed by atoms with Crippen LogP contribution in [0.5, 0.6) is 0 Å². The molecule has 1 atom stereocenters. The third-order valence-corrected chi connectivity index (χ3v) is 5.69. The molecule has 1 aliphatic heterocycles. The predicted molar refractivity (Wildman–Crippen MR) is 66.2 cm³/mol. The van der Waals surface area contributed by atoms with Crippen LogP contribution in [0.4, 0.5) is 0 Å². The molecule has 0 radical (unpaired) electrons. The molecule has 2 aliphatic rings. The summed E-state index contributed by atoms with van der Waals surface area (Å²) in [7, 11) is -3.15. The van der Waals surface area contributed by atoms with Gasteiger partial charge >= 0.3 is 5.97 Å². The number of sulfone groups is 1. The van der Waals surface area contributed by atoms with E-state index in [1.54, 1.807) is 0 Å². The average molecular weight is 276 g/mol. The van der Waals surface area contributed by atoms with E-state index in [4.69, 9.17) is 9.84 Å². The van der Waals surface area contributed by atoms with Crippen molar-refractivity contribution in [1.82, 2.24) is 0 Å². The summed E-state index contributed by atoms with van der Waals surface area (Å²) in [5, 5.41) is 8.77. The van der Waals surface area contributed by atoms with Crippen LogP contribution in [-0.2, 0) is 19.4 Å². The lowest BCUT2D eigenvalue weighted by Crippen LogP contribution is -2.24. The summed E-state index contributed by atoms with van der Waals surface area (Å²) >= 11 is 0. The monoisotopic (exact) mass is 276 g/mol. The van der Waals surface area contributed by atoms with Crippen LogP contribution in [0.3, 0.4) is 0 Å². The number of hydrogen-bond acceptors (Lipinski definition) is 4. The minimum Gasteiger partial charge on any atom is -0.481 e. The van der Waals surface area contributed by atoms with Gasteiger partial charge in [0.15, 0.2) is 9.84 Å². The fraction of sp³-hybridized carbons (Fsp3) is 0.917. The van der Waals surface area contributed by atoms with Crippen LogP contribution < -0.4 is 0 Å². The first kappa shape index (κ1) is 13.8. The summed E-state index contributed by atoms with van der Waals surface area (Å²) in [6, 6.07) is 0. The van der Waals surface area contributed by atoms with Crippen molar-refractivity contribution >= 4 is 15.8 Å². The van der Waals surface area contributed by atoms with Crippen molar-refractivity contribution < 1.29 is 23.1 Å². The minimum absolute atomic E-state index is 0.0217. The van der Waals surface area contributed by atoms with Gasteiger partial charge < -0.3 is 9.84 Å². The molecule has 0 bridgehead atoms. The predicted octanol–water partition coefficient (Wildman–Crippen LogP) is 1.23. The molecule has 0 aromatic heterocycles. The van der Waals surface area contributed by atoms with E-state index in [0.29, 0.717) is 6.42 Å². The van der Waals surface area contributed by atoms with Crippen LogP contribution in [-0.4, -0.2) is 43.7 Å². The summed E-state index contributed by atoms with van der Waals surface area (Å²) in [6.45, 7) is 0.730. The molecular weight excluding hydrogens is 256 g/mol. The zero-order chi connectivity index (χ0) is 13.2. The second kappa shape index (κ2) is 5.17. The molecule has 104 valence electrons. The van der Waals surface area contributed by atoms with Gasteiger partial charge in [-0.05, 0) is 37.5 Å². The molecular formula is C12H20O5S. The van der Waals surface area contributed by atoms with Gasteiger partial charge in [-0.1, -0.05) is 0 Å². The van der Waals surface area contributed by atoms with E-state index in [1.807, 2.05) is 0 Å². The van der Waals surface area contributed by atoms with E-state index in [-0.39, 0.29) is 24.0 Å². The molecule has 0 aromatic carbocycles. The molecule has 1 aliphatic carbocycles. The molecule has 5 nitrogen and oxygen atoms in total. The first-order valence-electron chi connectivity index (χ1n) is 6.45. The molecule has 18 heavy (non-hydrogen) atoms. The Balaban J connectivity index is 1.81. The van der Waals surface area contributed by atoms with Crippen molar-refractivity contribution in [2.75, 3.05) is 18.1 Å². The Bertz CT molecular complexity index is 404. The maximum atomic E-state index is 12.0. The Labute approximate surface area is 107 Å². The number of aliphatic carboxylic acids is 1. The summed E-state index contributed by atoms with van der Waals surface area (Å²) in [5.74, 6) is -0.750. The lowest BCUT2D eigenvalue weighted by atomic mass is 10.1. The Morgan fingerprint density at radius 2 is 2.11 bits per heavy atom. The van der Waals surface area contributed by atoms with Gasteiger partial charge in [0.25, 0.3) is 0 Å². The number of carboxylic acid groups (broad SMARTS) is 1. The van der Waals surface area contributed by atoms with Gasteiger partial charge in [-0.3, -0.25) is 4.79 Å². The quantitative estimate of drug-likeness (QED) is 0.756. The van der Waals surface area contributed by atoms with Crippen LogP contribution in [0.25, 0.3) is 0 Å². The highest BCUT2D eigenvalue weighted by molar-refractivity contribution is 7.91. The lowest BCUT2D eigenvalue weighted by Gasteiger charge is -2.14. The van der Waals surface area contributed by atoms with E-state index in [9.17, 15) is 13.2 Å². The molecule has 0 aromatic rings. The summed E-state index contributed by atoms with van der Waals surface area (Å²) in [5.41, 5.74) is -0.471. The Morgan fingerprint density at radius 1 is 1.39 bits per heavy atom. The molecule has 1 saturated carbocycles. The topological polar surface area (TPSA) is 80.7 Å². The number of carbonyl (C=O) groups is 1. The highest BCUT2D eigenvalue weighted by Gasteiger charge is 2.47. The van der Waals surface area contributed by atoms with E-state index >= 15 is 0 Å². The number of carboxylic acids is 1. The van der Waals surface area contributed by atoms with Gasteiger partial charge in [0.05, 0.1) is 24.0 Å². The maximum absolute atomic E-state index is 12.0. The van der Waals surface area contributed by atoms with Crippen molar-refractivity contribution in [3.63, 3.8) is 0 Å². The van der Waals surface area contributed by atoms with Crippen LogP contribution in [0.2, 0.25) is 0 Å². The second-order valence-corrected chi connectivity index (χ2v) is 7.77. The van der Waals surface area contributed by atoms with Gasteiger partial charge in [0, 0.05) is 6.61 Å². The molecule has 1 saturated heterocycles. The Hall–Kier alpha value is -0.620. The van der Waals surface area contributed by atoms with E-state index in [2.05, 4.69) is 0 Å². The normalized spacial score (nSPS) is 26.1. The third kappa shape index (κ3) is 3.95. The average Bonchev–Trinajstić information content (AvgIpc) is 2.81. The zero-order valence-corrected chi connectivity index (χ0v) is 11.2. The fourth-order valence-electron chi connectivity index (χ4n) is 2.59. The van der Waals surface area contributed by atoms with E-state index in [0.717, 1.165) is 32.3 Å². The summed E-state index contributed by atoms with van der Waals surface area (Å²) in [6.07, 6.45) is 3.99. The highest BCUT2D eigenvalue weighted by Crippen LogP contribution is 2.50. The molecule has 1 unspecified atom stereocenters. The fourth-order valence-corrected chi connectivity index (χ4v) is 4.68. The maximum Gasteiger partial charge on any atom is 0.303 e. The second-order valence-electron chi connectivity index (χ2n) is 5.59. The van der Waals surface area contributed by atoms with Gasteiger partial charge in [0.2, 0.25) is 0 Å². The van der Waals surface area contributed by atoms with Crippen molar-refractivity contribution in [3.8, 4) is 0 Å². The highest BCUT2D eigenvalue weighted by atomic mass is 32.2. The van der Waals surface area contributed by atoms with Crippen LogP contribution in [0.15, 0.2) is 0 Å². The van der Waals surface area contributed by atoms with Crippen molar-refractivity contribution in [3.05, 3.63) is 0 Å². The molecule has 1 heterocycles. The summed E-state index contributed by atoms with van der Waals surface area (Å²) < 4.78 is 29.4. The van der Waals surface area contributed by atoms with Gasteiger partial charge in [-0.2, -0.15) is 0 Å². The Morgan fingerprint density at radius 3 is 2.61 bits per heavy atom. The number of ether oxygens (including phenoxy) is 1. The van der Waals surface area contributed by atoms with Gasteiger partial charge in [-0.25, -0.2) is 8.42 Å². The van der Waals surface area contributed by atoms with Crippen molar-refractivity contribution in [1.29, 1.82) is 0 Å². The largest absolute Gasteiger partial charge is 0.481 e. The minimum atomic E-state index is -3.15. The van der Waals surface area contributed by atoms with Crippen LogP contribution >= 0.6 is 0 Å². The first-order chi connectivity index (χ1) is 8.41. The smallest absolute Gasteiger partial charge is 0.303 e. The third-order valence-electron chi connectivity index (χ3n) is 3.78. The van der Waals surface area contributed by atoms with E-state index in [1.165, 1.54) is 0 Å². The number of hydrogen-bond donors (Lipinski definition) is 1. The van der Waals surface area contributed by atoms with E-state index < -0.39 is 21.2 Å². The lowest BCUT2D eigenvalue weighted by molar-refractivity contribution is -0.138. The van der Waals surface area contributed by atoms with Crippen molar-refractivity contribution in [2.45, 2.75) is 44.6 Å². The number of rotatable bonds is 7. The van der Waals surface area contributed by atoms with Gasteiger partial charge in [-0.15, -0.1) is 0 Å². The van der Waals surface area contributed by atoms with Crippen LogP contribution in [0, 0.1) is 5.41 Å². The SMILES string of the molecule is O=C(O)CC1(CS(=O)(=O)CCC2CCCO2)CC1. The van der Waals surface area contributed by atoms with Crippen molar-refractivity contribution in [2.24, 2.45) is 5.41 Å². The molecule has 2 rings (SSSR count).